The number of hydrogen-bond acceptors (Lipinski definition) is 1. The van der Waals surface area contributed by atoms with E-state index in [-0.39, 0.29) is 0 Å². The van der Waals surface area contributed by atoms with E-state index < -0.39 is 11.4 Å². The van der Waals surface area contributed by atoms with Crippen LogP contribution in [0.5, 0.6) is 0 Å². The molecule has 0 aliphatic rings. The molecule has 3 nitrogen and oxygen atoms in total. The Balaban J connectivity index is 3.05. The first kappa shape index (κ1) is 8.84. The number of aromatic amines is 1. The number of carboxylic acid groups (broad SMARTS) is 1. The van der Waals surface area contributed by atoms with E-state index >= 15 is 0 Å². The van der Waals surface area contributed by atoms with Crippen LogP contribution in [0.25, 0.3) is 0 Å². The predicted molar refractivity (Wildman–Crippen MR) is 46.2 cm³/mol. The van der Waals surface area contributed by atoms with Crippen LogP contribution >= 0.6 is 0 Å². The molecule has 0 bridgehead atoms. The molecule has 0 fully saturated rings. The highest BCUT2D eigenvalue weighted by atomic mass is 16.4. The molecule has 0 unspecified atom stereocenters. The summed E-state index contributed by atoms with van der Waals surface area (Å²) in [5.41, 5.74) is 0.997. The van der Waals surface area contributed by atoms with Crippen molar-refractivity contribution in [2.45, 2.75) is 26.2 Å². The average molecular weight is 167 g/mol. The molecule has 0 spiro atoms. The Hall–Kier alpha value is -1.25. The molecule has 2 N–H and O–H groups in total. The highest BCUT2D eigenvalue weighted by Gasteiger charge is 2.29. The maximum atomic E-state index is 10.8. The van der Waals surface area contributed by atoms with Crippen molar-refractivity contribution in [3.63, 3.8) is 0 Å². The Morgan fingerprint density at radius 3 is 2.50 bits per heavy atom. The summed E-state index contributed by atoms with van der Waals surface area (Å²) >= 11 is 0. The molecule has 1 aromatic heterocycles. The lowest BCUT2D eigenvalue weighted by Crippen LogP contribution is -2.27. The van der Waals surface area contributed by atoms with Gasteiger partial charge in [0.05, 0.1) is 5.41 Å². The Kier molecular flexibility index (Phi) is 1.96. The number of aryl methyl sites for hydroxylation is 1. The summed E-state index contributed by atoms with van der Waals surface area (Å²) in [5.74, 6) is -0.804. The molecule has 0 aromatic carbocycles. The molecule has 0 saturated heterocycles. The fourth-order valence-electron chi connectivity index (χ4n) is 0.992. The van der Waals surface area contributed by atoms with Gasteiger partial charge in [0.15, 0.2) is 0 Å². The van der Waals surface area contributed by atoms with Gasteiger partial charge in [-0.05, 0) is 32.4 Å². The van der Waals surface area contributed by atoms with Gasteiger partial charge in [0.1, 0.15) is 0 Å². The van der Waals surface area contributed by atoms with Gasteiger partial charge in [-0.3, -0.25) is 4.79 Å². The van der Waals surface area contributed by atoms with Crippen molar-refractivity contribution in [2.75, 3.05) is 0 Å². The molecular weight excluding hydrogens is 154 g/mol. The number of carbonyl (C=O) groups is 1. The number of hydrogen-bond donors (Lipinski definition) is 2. The molecule has 0 radical (unpaired) electrons. The average Bonchev–Trinajstić information content (AvgIpc) is 2.35. The largest absolute Gasteiger partial charge is 0.481 e. The molecule has 0 aliphatic carbocycles. The van der Waals surface area contributed by atoms with E-state index in [2.05, 4.69) is 4.98 Å². The maximum absolute atomic E-state index is 10.8. The molecular formula is C9H13NO2. The first-order valence-corrected chi connectivity index (χ1v) is 3.83. The van der Waals surface area contributed by atoms with Crippen molar-refractivity contribution in [1.29, 1.82) is 0 Å². The Morgan fingerprint density at radius 1 is 1.58 bits per heavy atom. The van der Waals surface area contributed by atoms with Crippen molar-refractivity contribution in [1.82, 2.24) is 4.98 Å². The summed E-state index contributed by atoms with van der Waals surface area (Å²) in [6.45, 7) is 5.29. The number of aliphatic carboxylic acids is 1. The lowest BCUT2D eigenvalue weighted by atomic mass is 9.87. The van der Waals surface area contributed by atoms with Crippen LogP contribution in [-0.4, -0.2) is 16.1 Å². The normalized spacial score (nSPS) is 11.6. The first-order valence-electron chi connectivity index (χ1n) is 3.83. The lowest BCUT2D eigenvalue weighted by molar-refractivity contribution is -0.142. The third-order valence-electron chi connectivity index (χ3n) is 2.08. The lowest BCUT2D eigenvalue weighted by Gasteiger charge is -2.16. The molecule has 66 valence electrons. The molecule has 1 heterocycles. The highest BCUT2D eigenvalue weighted by Crippen LogP contribution is 2.23. The molecule has 0 amide bonds. The van der Waals surface area contributed by atoms with Gasteiger partial charge in [-0.15, -0.1) is 0 Å². The van der Waals surface area contributed by atoms with Crippen LogP contribution in [-0.2, 0) is 10.2 Å². The van der Waals surface area contributed by atoms with Gasteiger partial charge in [-0.25, -0.2) is 0 Å². The molecule has 0 aliphatic heterocycles. The van der Waals surface area contributed by atoms with E-state index in [1.165, 1.54) is 0 Å². The van der Waals surface area contributed by atoms with Crippen LogP contribution in [0.2, 0.25) is 0 Å². The van der Waals surface area contributed by atoms with E-state index in [1.54, 1.807) is 20.0 Å². The van der Waals surface area contributed by atoms with Crippen LogP contribution in [0.3, 0.4) is 0 Å². The van der Waals surface area contributed by atoms with Gasteiger partial charge in [0, 0.05) is 11.9 Å². The standard InChI is InChI=1S/C9H13NO2/c1-6-4-7(5-10-6)9(2,3)8(11)12/h4-5,10H,1-3H3,(H,11,12). The monoisotopic (exact) mass is 167 g/mol. The number of H-pyrrole nitrogens is 1. The molecule has 1 rings (SSSR count). The molecule has 3 heteroatoms. The van der Waals surface area contributed by atoms with Crippen molar-refractivity contribution in [3.05, 3.63) is 23.5 Å². The van der Waals surface area contributed by atoms with Crippen LogP contribution < -0.4 is 0 Å². The summed E-state index contributed by atoms with van der Waals surface area (Å²) in [6, 6.07) is 1.86. The molecule has 1 aromatic rings. The smallest absolute Gasteiger partial charge is 0.313 e. The van der Waals surface area contributed by atoms with Crippen molar-refractivity contribution >= 4 is 5.97 Å². The zero-order chi connectivity index (χ0) is 9.35. The summed E-state index contributed by atoms with van der Waals surface area (Å²) in [6.07, 6.45) is 1.74. The topological polar surface area (TPSA) is 53.1 Å². The fourth-order valence-corrected chi connectivity index (χ4v) is 0.992. The zero-order valence-corrected chi connectivity index (χ0v) is 7.51. The van der Waals surface area contributed by atoms with Crippen LogP contribution in [0.15, 0.2) is 12.3 Å². The van der Waals surface area contributed by atoms with E-state index in [0.29, 0.717) is 0 Å². The SMILES string of the molecule is Cc1cc(C(C)(C)C(=O)O)c[nH]1. The van der Waals surface area contributed by atoms with E-state index in [0.717, 1.165) is 11.3 Å². The molecule has 0 atom stereocenters. The third-order valence-corrected chi connectivity index (χ3v) is 2.08. The van der Waals surface area contributed by atoms with Gasteiger partial charge in [-0.2, -0.15) is 0 Å². The Labute approximate surface area is 71.4 Å². The summed E-state index contributed by atoms with van der Waals surface area (Å²) < 4.78 is 0. The van der Waals surface area contributed by atoms with Crippen molar-refractivity contribution < 1.29 is 9.90 Å². The Bertz CT molecular complexity index is 299. The second-order valence-corrected chi connectivity index (χ2v) is 3.50. The van der Waals surface area contributed by atoms with E-state index in [1.807, 2.05) is 13.0 Å². The molecule has 0 saturated carbocycles. The second-order valence-electron chi connectivity index (χ2n) is 3.50. The van der Waals surface area contributed by atoms with Crippen molar-refractivity contribution in [3.8, 4) is 0 Å². The summed E-state index contributed by atoms with van der Waals surface area (Å²) in [5, 5.41) is 8.89. The zero-order valence-electron chi connectivity index (χ0n) is 7.51. The fraction of sp³-hybridized carbons (Fsp3) is 0.444. The van der Waals surface area contributed by atoms with Gasteiger partial charge in [0.25, 0.3) is 0 Å². The number of nitrogens with one attached hydrogen (secondary N) is 1. The van der Waals surface area contributed by atoms with E-state index in [9.17, 15) is 4.79 Å². The van der Waals surface area contributed by atoms with Crippen LogP contribution in [0.1, 0.15) is 25.1 Å². The minimum atomic E-state index is -0.804. The number of aromatic nitrogens is 1. The van der Waals surface area contributed by atoms with Gasteiger partial charge in [0.2, 0.25) is 0 Å². The molecule has 12 heavy (non-hydrogen) atoms. The second kappa shape index (κ2) is 2.66. The summed E-state index contributed by atoms with van der Waals surface area (Å²) in [7, 11) is 0. The van der Waals surface area contributed by atoms with Gasteiger partial charge < -0.3 is 10.1 Å². The quantitative estimate of drug-likeness (QED) is 0.704. The summed E-state index contributed by atoms with van der Waals surface area (Å²) in [4.78, 5) is 13.8. The third kappa shape index (κ3) is 1.35. The van der Waals surface area contributed by atoms with Crippen LogP contribution in [0, 0.1) is 6.92 Å². The van der Waals surface area contributed by atoms with Crippen LogP contribution in [0.4, 0.5) is 0 Å². The minimum Gasteiger partial charge on any atom is -0.481 e. The number of carboxylic acids is 1. The Morgan fingerprint density at radius 2 is 2.17 bits per heavy atom. The predicted octanol–water partition coefficient (Wildman–Crippen LogP) is 1.69. The van der Waals surface area contributed by atoms with Gasteiger partial charge >= 0.3 is 5.97 Å². The van der Waals surface area contributed by atoms with Crippen molar-refractivity contribution in [2.24, 2.45) is 0 Å². The van der Waals surface area contributed by atoms with Gasteiger partial charge in [-0.1, -0.05) is 0 Å². The number of rotatable bonds is 2. The maximum Gasteiger partial charge on any atom is 0.313 e. The van der Waals surface area contributed by atoms with E-state index in [4.69, 9.17) is 5.11 Å². The minimum absolute atomic E-state index is 0.801. The first-order chi connectivity index (χ1) is 5.44. The highest BCUT2D eigenvalue weighted by molar-refractivity contribution is 5.80.